The number of nitrogens with zero attached hydrogens (tertiary/aromatic N) is 1. The Balaban J connectivity index is 1.89. The van der Waals surface area contributed by atoms with Crippen LogP contribution >= 0.6 is 0 Å². The Morgan fingerprint density at radius 2 is 1.50 bits per heavy atom. The Hall–Kier alpha value is -0.0400. The zero-order valence-corrected chi connectivity index (χ0v) is 8.16. The Kier molecular flexibility index (Phi) is 1.39. The molecule has 3 fully saturated rings. The molecule has 0 radical (unpaired) electrons. The highest BCUT2D eigenvalue weighted by Crippen LogP contribution is 2.53. The van der Waals surface area contributed by atoms with Crippen LogP contribution in [0.1, 0.15) is 32.6 Å². The molecule has 1 heteroatoms. The van der Waals surface area contributed by atoms with Crippen LogP contribution in [0.3, 0.4) is 0 Å². The summed E-state index contributed by atoms with van der Waals surface area (Å²) in [5.74, 6) is 3.20. The van der Waals surface area contributed by atoms with Crippen molar-refractivity contribution in [1.82, 2.24) is 4.90 Å². The predicted octanol–water partition coefficient (Wildman–Crippen LogP) is 2.13. The Labute approximate surface area is 75.1 Å². The fourth-order valence-corrected chi connectivity index (χ4v) is 4.29. The molecule has 3 rings (SSSR count). The maximum atomic E-state index is 2.68. The summed E-state index contributed by atoms with van der Waals surface area (Å²) in [4.78, 5) is 2.68. The molecule has 0 aromatic rings. The molecule has 3 aliphatic rings. The van der Waals surface area contributed by atoms with E-state index in [4.69, 9.17) is 0 Å². The summed E-state index contributed by atoms with van der Waals surface area (Å²) >= 11 is 0. The van der Waals surface area contributed by atoms with Crippen LogP contribution in [0, 0.1) is 17.8 Å². The first-order chi connectivity index (χ1) is 5.77. The van der Waals surface area contributed by atoms with Crippen molar-refractivity contribution in [2.75, 3.05) is 7.05 Å². The molecule has 0 aromatic heterocycles. The van der Waals surface area contributed by atoms with E-state index in [0.717, 1.165) is 29.8 Å². The average molecular weight is 165 g/mol. The molecule has 0 spiro atoms. The first-order valence-corrected chi connectivity index (χ1v) is 5.49. The number of hydrogen-bond donors (Lipinski definition) is 0. The van der Waals surface area contributed by atoms with E-state index in [2.05, 4.69) is 18.9 Å². The minimum Gasteiger partial charge on any atom is -0.300 e. The normalized spacial score (nSPS) is 58.0. The molecule has 4 unspecified atom stereocenters. The minimum atomic E-state index is 0.977. The van der Waals surface area contributed by atoms with Gasteiger partial charge in [-0.15, -0.1) is 0 Å². The zero-order chi connectivity index (χ0) is 8.29. The number of rotatable bonds is 0. The van der Waals surface area contributed by atoms with Gasteiger partial charge in [-0.1, -0.05) is 6.92 Å². The van der Waals surface area contributed by atoms with Gasteiger partial charge in [0.1, 0.15) is 0 Å². The largest absolute Gasteiger partial charge is 0.300 e. The molecule has 1 aliphatic carbocycles. The third kappa shape index (κ3) is 0.736. The lowest BCUT2D eigenvalue weighted by Crippen LogP contribution is -2.26. The summed E-state index contributed by atoms with van der Waals surface area (Å²) in [6, 6.07) is 1.95. The molecule has 0 aromatic carbocycles. The van der Waals surface area contributed by atoms with Gasteiger partial charge < -0.3 is 0 Å². The lowest BCUT2D eigenvalue weighted by Gasteiger charge is -2.21. The molecule has 2 aliphatic heterocycles. The van der Waals surface area contributed by atoms with E-state index in [1.165, 1.54) is 25.7 Å². The summed E-state index contributed by atoms with van der Waals surface area (Å²) in [5, 5.41) is 0. The van der Waals surface area contributed by atoms with Crippen LogP contribution in [0.25, 0.3) is 0 Å². The first kappa shape index (κ1) is 7.37. The lowest BCUT2D eigenvalue weighted by molar-refractivity contribution is 0.267. The van der Waals surface area contributed by atoms with Crippen LogP contribution in [0.15, 0.2) is 0 Å². The predicted molar refractivity (Wildman–Crippen MR) is 50.0 cm³/mol. The Bertz CT molecular complexity index is 181. The van der Waals surface area contributed by atoms with E-state index < -0.39 is 0 Å². The van der Waals surface area contributed by atoms with E-state index in [-0.39, 0.29) is 0 Å². The van der Waals surface area contributed by atoms with Crippen LogP contribution < -0.4 is 0 Å². The van der Waals surface area contributed by atoms with Gasteiger partial charge in [-0.2, -0.15) is 0 Å². The van der Waals surface area contributed by atoms with Gasteiger partial charge in [0.2, 0.25) is 0 Å². The lowest BCUT2D eigenvalue weighted by atomic mass is 9.82. The van der Waals surface area contributed by atoms with Crippen LogP contribution in [-0.2, 0) is 0 Å². The van der Waals surface area contributed by atoms with E-state index in [9.17, 15) is 0 Å². The maximum Gasteiger partial charge on any atom is 0.0127 e. The summed E-state index contributed by atoms with van der Waals surface area (Å²) < 4.78 is 0. The molecule has 1 nitrogen and oxygen atoms in total. The van der Waals surface area contributed by atoms with Gasteiger partial charge in [-0.3, -0.25) is 4.90 Å². The second kappa shape index (κ2) is 2.25. The second-order valence-corrected chi connectivity index (χ2v) is 5.28. The van der Waals surface area contributed by atoms with Crippen LogP contribution in [0.2, 0.25) is 0 Å². The average Bonchev–Trinajstić information content (AvgIpc) is 2.60. The molecule has 0 N–H and O–H groups in total. The second-order valence-electron chi connectivity index (χ2n) is 5.28. The molecule has 2 bridgehead atoms. The zero-order valence-electron chi connectivity index (χ0n) is 8.16. The topological polar surface area (TPSA) is 3.24 Å². The quantitative estimate of drug-likeness (QED) is 0.531. The number of hydrogen-bond acceptors (Lipinski definition) is 1. The van der Waals surface area contributed by atoms with E-state index in [1.54, 1.807) is 0 Å². The third-order valence-electron chi connectivity index (χ3n) is 4.69. The van der Waals surface area contributed by atoms with E-state index in [0.29, 0.717) is 0 Å². The molecule has 68 valence electrons. The van der Waals surface area contributed by atoms with Gasteiger partial charge in [0.15, 0.2) is 0 Å². The molecule has 2 saturated heterocycles. The molecule has 12 heavy (non-hydrogen) atoms. The molecule has 4 atom stereocenters. The monoisotopic (exact) mass is 165 g/mol. The summed E-state index contributed by atoms with van der Waals surface area (Å²) in [6.07, 6.45) is 6.04. The van der Waals surface area contributed by atoms with Crippen LogP contribution in [0.4, 0.5) is 0 Å². The van der Waals surface area contributed by atoms with Gasteiger partial charge in [0.05, 0.1) is 0 Å². The van der Waals surface area contributed by atoms with Crippen LogP contribution in [0.5, 0.6) is 0 Å². The van der Waals surface area contributed by atoms with Crippen molar-refractivity contribution in [2.24, 2.45) is 17.8 Å². The minimum absolute atomic E-state index is 0.977. The number of fused-ring (bicyclic) bond motifs is 5. The van der Waals surface area contributed by atoms with E-state index in [1.807, 2.05) is 0 Å². The smallest absolute Gasteiger partial charge is 0.0127 e. The standard InChI is InChI=1S/C11H19N/c1-7-5-8-9(6-7)11-4-3-10(8)12(11)2/h7-11H,3-6H2,1-2H3. The summed E-state index contributed by atoms with van der Waals surface area (Å²) in [7, 11) is 2.35. The van der Waals surface area contributed by atoms with E-state index >= 15 is 0 Å². The van der Waals surface area contributed by atoms with Crippen molar-refractivity contribution in [3.63, 3.8) is 0 Å². The fraction of sp³-hybridized carbons (Fsp3) is 1.00. The van der Waals surface area contributed by atoms with Crippen molar-refractivity contribution in [1.29, 1.82) is 0 Å². The van der Waals surface area contributed by atoms with Gasteiger partial charge >= 0.3 is 0 Å². The molecular weight excluding hydrogens is 146 g/mol. The SMILES string of the molecule is CC1CC2C(C1)C1CCC2N1C. The fourth-order valence-electron chi connectivity index (χ4n) is 4.29. The highest BCUT2D eigenvalue weighted by Gasteiger charge is 2.54. The van der Waals surface area contributed by atoms with Crippen molar-refractivity contribution in [2.45, 2.75) is 44.7 Å². The molecule has 0 amide bonds. The third-order valence-corrected chi connectivity index (χ3v) is 4.69. The highest BCUT2D eigenvalue weighted by atomic mass is 15.2. The van der Waals surface area contributed by atoms with Gasteiger partial charge in [-0.25, -0.2) is 0 Å². The highest BCUT2D eigenvalue weighted by molar-refractivity contribution is 5.07. The van der Waals surface area contributed by atoms with Crippen molar-refractivity contribution in [3.05, 3.63) is 0 Å². The Morgan fingerprint density at radius 3 is 2.00 bits per heavy atom. The van der Waals surface area contributed by atoms with Gasteiger partial charge in [0.25, 0.3) is 0 Å². The van der Waals surface area contributed by atoms with Crippen molar-refractivity contribution in [3.8, 4) is 0 Å². The Morgan fingerprint density at radius 1 is 1.00 bits per heavy atom. The summed E-state index contributed by atoms with van der Waals surface area (Å²) in [6.45, 7) is 2.44. The van der Waals surface area contributed by atoms with Crippen LogP contribution in [-0.4, -0.2) is 24.0 Å². The summed E-state index contributed by atoms with van der Waals surface area (Å²) in [5.41, 5.74) is 0. The van der Waals surface area contributed by atoms with Crippen molar-refractivity contribution >= 4 is 0 Å². The molecular formula is C11H19N. The van der Waals surface area contributed by atoms with Gasteiger partial charge in [-0.05, 0) is 50.5 Å². The molecule has 2 heterocycles. The van der Waals surface area contributed by atoms with Crippen molar-refractivity contribution < 1.29 is 0 Å². The first-order valence-electron chi connectivity index (χ1n) is 5.49. The molecule has 1 saturated carbocycles. The maximum absolute atomic E-state index is 2.68. The van der Waals surface area contributed by atoms with Gasteiger partial charge in [0, 0.05) is 12.1 Å².